The molecule has 2 N–H and O–H groups in total. The van der Waals surface area contributed by atoms with Gasteiger partial charge in [-0.3, -0.25) is 4.79 Å². The van der Waals surface area contributed by atoms with Crippen molar-refractivity contribution in [2.24, 2.45) is 0 Å². The van der Waals surface area contributed by atoms with E-state index in [1.54, 1.807) is 43.3 Å². The van der Waals surface area contributed by atoms with Gasteiger partial charge in [-0.15, -0.1) is 0 Å². The molecule has 0 fully saturated rings. The number of phenols is 1. The second-order valence-corrected chi connectivity index (χ2v) is 5.68. The number of ether oxygens (including phenoxy) is 3. The fraction of sp³-hybridized carbons (Fsp3) is 0.300. The van der Waals surface area contributed by atoms with Crippen LogP contribution in [0.15, 0.2) is 42.5 Å². The Balaban J connectivity index is 2.27. The van der Waals surface area contributed by atoms with E-state index in [0.29, 0.717) is 22.6 Å². The molecule has 0 aliphatic heterocycles. The van der Waals surface area contributed by atoms with Crippen LogP contribution in [0.2, 0.25) is 0 Å². The average Bonchev–Trinajstić information content (AvgIpc) is 2.69. The molecule has 1 amide bonds. The number of phenolic OH excluding ortho intramolecular Hbond substituents is 1. The number of hydrogen-bond acceptors (Lipinski definition) is 6. The summed E-state index contributed by atoms with van der Waals surface area (Å²) < 4.78 is 15.4. The second-order valence-electron chi connectivity index (χ2n) is 5.68. The lowest BCUT2D eigenvalue weighted by Crippen LogP contribution is -2.43. The first kappa shape index (κ1) is 20.1. The maximum atomic E-state index is 12.4. The molecule has 1 unspecified atom stereocenters. The van der Waals surface area contributed by atoms with Crippen LogP contribution in [-0.4, -0.2) is 43.9 Å². The van der Waals surface area contributed by atoms with E-state index >= 15 is 0 Å². The van der Waals surface area contributed by atoms with E-state index in [1.165, 1.54) is 20.3 Å². The summed E-state index contributed by atoms with van der Waals surface area (Å²) in [6.07, 6.45) is 0.0313. The molecule has 1 atom stereocenters. The minimum absolute atomic E-state index is 0.0313. The molecule has 27 heavy (non-hydrogen) atoms. The minimum atomic E-state index is -0.971. The Kier molecular flexibility index (Phi) is 7.05. The molecular formula is C20H23NO6. The lowest BCUT2D eigenvalue weighted by atomic mass is 10.0. The van der Waals surface area contributed by atoms with Crippen LogP contribution in [0.3, 0.4) is 0 Å². The molecule has 0 aliphatic rings. The van der Waals surface area contributed by atoms with Crippen molar-refractivity contribution in [3.63, 3.8) is 0 Å². The molecule has 0 bridgehead atoms. The standard InChI is InChI=1S/C20H23NO6/c1-4-27-20(24)15(21-19(23)13-8-6-5-7-9-13)10-14-11-17(25-2)18(26-3)12-16(14)22/h5-9,11-12,15,22H,4,10H2,1-3H3,(H,21,23). The lowest BCUT2D eigenvalue weighted by molar-refractivity contribution is -0.145. The molecule has 0 heterocycles. The van der Waals surface area contributed by atoms with Crippen LogP contribution < -0.4 is 14.8 Å². The first-order chi connectivity index (χ1) is 13.0. The van der Waals surface area contributed by atoms with Gasteiger partial charge in [-0.1, -0.05) is 18.2 Å². The highest BCUT2D eigenvalue weighted by atomic mass is 16.5. The number of amides is 1. The highest BCUT2D eigenvalue weighted by Gasteiger charge is 2.25. The smallest absolute Gasteiger partial charge is 0.328 e. The van der Waals surface area contributed by atoms with Crippen molar-refractivity contribution in [2.75, 3.05) is 20.8 Å². The van der Waals surface area contributed by atoms with E-state index in [0.717, 1.165) is 0 Å². The summed E-state index contributed by atoms with van der Waals surface area (Å²) in [6, 6.07) is 10.5. The SMILES string of the molecule is CCOC(=O)C(Cc1cc(OC)c(OC)cc1O)NC(=O)c1ccccc1. The van der Waals surface area contributed by atoms with Crippen molar-refractivity contribution in [3.8, 4) is 17.2 Å². The maximum Gasteiger partial charge on any atom is 0.328 e. The van der Waals surface area contributed by atoms with Crippen LogP contribution in [0.4, 0.5) is 0 Å². The summed E-state index contributed by atoms with van der Waals surface area (Å²) in [7, 11) is 2.93. The van der Waals surface area contributed by atoms with Crippen LogP contribution in [0.1, 0.15) is 22.8 Å². The Bertz CT molecular complexity index is 791. The van der Waals surface area contributed by atoms with Crippen molar-refractivity contribution in [1.82, 2.24) is 5.32 Å². The largest absolute Gasteiger partial charge is 0.508 e. The third-order valence-electron chi connectivity index (χ3n) is 3.92. The number of aromatic hydroxyl groups is 1. The topological polar surface area (TPSA) is 94.1 Å². The number of carbonyl (C=O) groups is 2. The summed E-state index contributed by atoms with van der Waals surface area (Å²) in [4.78, 5) is 24.8. The van der Waals surface area contributed by atoms with Crippen molar-refractivity contribution in [1.29, 1.82) is 0 Å². The van der Waals surface area contributed by atoms with Crippen molar-refractivity contribution < 1.29 is 28.9 Å². The van der Waals surface area contributed by atoms with Gasteiger partial charge in [0, 0.05) is 23.6 Å². The van der Waals surface area contributed by atoms with Gasteiger partial charge in [-0.2, -0.15) is 0 Å². The lowest BCUT2D eigenvalue weighted by Gasteiger charge is -2.19. The number of carbonyl (C=O) groups excluding carboxylic acids is 2. The first-order valence-corrected chi connectivity index (χ1v) is 8.46. The predicted molar refractivity (Wildman–Crippen MR) is 99.2 cm³/mol. The van der Waals surface area contributed by atoms with Crippen LogP contribution in [0.5, 0.6) is 17.2 Å². The third-order valence-corrected chi connectivity index (χ3v) is 3.92. The van der Waals surface area contributed by atoms with Gasteiger partial charge in [-0.25, -0.2) is 4.79 Å². The van der Waals surface area contributed by atoms with Crippen LogP contribution in [0, 0.1) is 0 Å². The molecule has 0 saturated heterocycles. The third kappa shape index (κ3) is 5.13. The summed E-state index contributed by atoms with van der Waals surface area (Å²) in [6.45, 7) is 1.86. The number of benzene rings is 2. The van der Waals surface area contributed by atoms with E-state index in [9.17, 15) is 14.7 Å². The van der Waals surface area contributed by atoms with Gasteiger partial charge in [0.15, 0.2) is 11.5 Å². The van der Waals surface area contributed by atoms with Crippen LogP contribution >= 0.6 is 0 Å². The fourth-order valence-electron chi connectivity index (χ4n) is 2.56. The zero-order valence-corrected chi connectivity index (χ0v) is 15.5. The summed E-state index contributed by atoms with van der Waals surface area (Å²) in [5.41, 5.74) is 0.836. The highest BCUT2D eigenvalue weighted by Crippen LogP contribution is 2.34. The first-order valence-electron chi connectivity index (χ1n) is 8.46. The molecule has 7 nitrogen and oxygen atoms in total. The quantitative estimate of drug-likeness (QED) is 0.690. The normalized spacial score (nSPS) is 11.4. The Hall–Kier alpha value is -3.22. The maximum absolute atomic E-state index is 12.4. The Labute approximate surface area is 157 Å². The van der Waals surface area contributed by atoms with E-state index < -0.39 is 17.9 Å². The average molecular weight is 373 g/mol. The molecule has 0 aromatic heterocycles. The van der Waals surface area contributed by atoms with Gasteiger partial charge in [0.1, 0.15) is 11.8 Å². The van der Waals surface area contributed by atoms with Gasteiger partial charge in [0.25, 0.3) is 5.91 Å². The monoisotopic (exact) mass is 373 g/mol. The van der Waals surface area contributed by atoms with Crippen LogP contribution in [-0.2, 0) is 16.0 Å². The number of hydrogen-bond donors (Lipinski definition) is 2. The minimum Gasteiger partial charge on any atom is -0.508 e. The number of rotatable bonds is 8. The molecule has 0 radical (unpaired) electrons. The van der Waals surface area contributed by atoms with Gasteiger partial charge < -0.3 is 24.6 Å². The summed E-state index contributed by atoms with van der Waals surface area (Å²) >= 11 is 0. The number of esters is 1. The molecule has 2 aromatic carbocycles. The van der Waals surface area contributed by atoms with E-state index in [1.807, 2.05) is 0 Å². The molecule has 7 heteroatoms. The molecular weight excluding hydrogens is 350 g/mol. The molecule has 2 rings (SSSR count). The highest BCUT2D eigenvalue weighted by molar-refractivity contribution is 5.96. The van der Waals surface area contributed by atoms with Crippen molar-refractivity contribution >= 4 is 11.9 Å². The fourth-order valence-corrected chi connectivity index (χ4v) is 2.56. The van der Waals surface area contributed by atoms with Crippen molar-refractivity contribution in [2.45, 2.75) is 19.4 Å². The molecule has 0 spiro atoms. The Morgan fingerprint density at radius 3 is 2.30 bits per heavy atom. The molecule has 0 aliphatic carbocycles. The molecule has 2 aromatic rings. The zero-order chi connectivity index (χ0) is 19.8. The van der Waals surface area contributed by atoms with Crippen LogP contribution in [0.25, 0.3) is 0 Å². The molecule has 0 saturated carbocycles. The number of nitrogens with one attached hydrogen (secondary N) is 1. The second kappa shape index (κ2) is 9.47. The number of methoxy groups -OCH3 is 2. The van der Waals surface area contributed by atoms with Gasteiger partial charge in [0.2, 0.25) is 0 Å². The van der Waals surface area contributed by atoms with E-state index in [4.69, 9.17) is 14.2 Å². The predicted octanol–water partition coefficient (Wildman–Crippen LogP) is 2.31. The van der Waals surface area contributed by atoms with Crippen molar-refractivity contribution in [3.05, 3.63) is 53.6 Å². The van der Waals surface area contributed by atoms with E-state index in [2.05, 4.69) is 5.32 Å². The zero-order valence-electron chi connectivity index (χ0n) is 15.5. The summed E-state index contributed by atoms with van der Waals surface area (Å²) in [5, 5.41) is 12.9. The van der Waals surface area contributed by atoms with E-state index in [-0.39, 0.29) is 18.8 Å². The Morgan fingerprint density at radius 1 is 1.07 bits per heavy atom. The van der Waals surface area contributed by atoms with Gasteiger partial charge in [-0.05, 0) is 25.1 Å². The van der Waals surface area contributed by atoms with Gasteiger partial charge >= 0.3 is 5.97 Å². The molecule has 144 valence electrons. The van der Waals surface area contributed by atoms with Gasteiger partial charge in [0.05, 0.1) is 20.8 Å². The Morgan fingerprint density at radius 2 is 1.70 bits per heavy atom. The summed E-state index contributed by atoms with van der Waals surface area (Å²) in [5.74, 6) is -0.303.